The summed E-state index contributed by atoms with van der Waals surface area (Å²) in [5.74, 6) is -1.05. The van der Waals surface area contributed by atoms with Crippen molar-refractivity contribution in [2.24, 2.45) is 7.05 Å². The monoisotopic (exact) mass is 334 g/mol. The third kappa shape index (κ3) is 2.86. The van der Waals surface area contributed by atoms with Crippen molar-refractivity contribution < 1.29 is 13.2 Å². The lowest BCUT2D eigenvalue weighted by Crippen LogP contribution is -2.45. The Morgan fingerprint density at radius 1 is 1.35 bits per heavy atom. The van der Waals surface area contributed by atoms with Gasteiger partial charge in [-0.2, -0.15) is 0 Å². The highest BCUT2D eigenvalue weighted by atomic mass is 32.2. The number of fused-ring (bicyclic) bond motifs is 1. The summed E-state index contributed by atoms with van der Waals surface area (Å²) < 4.78 is 26.1. The molecule has 1 aliphatic rings. The molecular formula is C15H18N4O3S. The van der Waals surface area contributed by atoms with E-state index in [2.05, 4.69) is 10.2 Å². The molecule has 8 heteroatoms. The highest BCUT2D eigenvalue weighted by molar-refractivity contribution is 7.92. The van der Waals surface area contributed by atoms with Gasteiger partial charge in [-0.3, -0.25) is 4.79 Å². The highest BCUT2D eigenvalue weighted by Gasteiger charge is 2.32. The molecule has 7 nitrogen and oxygen atoms in total. The molecule has 1 atom stereocenters. The summed E-state index contributed by atoms with van der Waals surface area (Å²) in [6.07, 6.45) is 3.00. The zero-order chi connectivity index (χ0) is 16.6. The Balaban J connectivity index is 1.91. The maximum Gasteiger partial charge on any atom is 0.249 e. The second-order valence-corrected chi connectivity index (χ2v) is 7.65. The first kappa shape index (κ1) is 15.7. The topological polar surface area (TPSA) is 85.2 Å². The number of amides is 1. The lowest BCUT2D eigenvalue weighted by molar-refractivity contribution is -0.116. The second kappa shape index (κ2) is 5.77. The molecule has 1 amide bonds. The van der Waals surface area contributed by atoms with Gasteiger partial charge in [0.05, 0.1) is 0 Å². The number of hydrogen-bond donors (Lipinski definition) is 0. The summed E-state index contributed by atoms with van der Waals surface area (Å²) >= 11 is 0. The first-order valence-corrected chi connectivity index (χ1v) is 9.02. The molecule has 3 rings (SSSR count). The Kier molecular flexibility index (Phi) is 3.93. The number of carbonyl (C=O) groups is 1. The van der Waals surface area contributed by atoms with Crippen LogP contribution in [0.3, 0.4) is 0 Å². The van der Waals surface area contributed by atoms with Crippen LogP contribution in [0.25, 0.3) is 0 Å². The first-order chi connectivity index (χ1) is 10.9. The van der Waals surface area contributed by atoms with Crippen LogP contribution in [0.4, 0.5) is 5.69 Å². The van der Waals surface area contributed by atoms with E-state index in [-0.39, 0.29) is 11.2 Å². The number of carbonyl (C=O) groups excluding carboxylic acids is 1. The zero-order valence-electron chi connectivity index (χ0n) is 13.0. The summed E-state index contributed by atoms with van der Waals surface area (Å²) in [6, 6.07) is 7.57. The SMILES string of the molecule is C[C@H]1CCc2ccccc2N1C(=O)CS(=O)(=O)c1nncn1C. The normalized spacial score (nSPS) is 17.8. The third-order valence-corrected chi connectivity index (χ3v) is 5.61. The van der Waals surface area contributed by atoms with E-state index in [1.54, 1.807) is 4.90 Å². The molecule has 0 aliphatic carbocycles. The molecule has 1 aromatic carbocycles. The van der Waals surface area contributed by atoms with E-state index in [4.69, 9.17) is 0 Å². The van der Waals surface area contributed by atoms with Crippen molar-refractivity contribution in [1.29, 1.82) is 0 Å². The molecule has 0 bridgehead atoms. The maximum absolute atomic E-state index is 12.7. The summed E-state index contributed by atoms with van der Waals surface area (Å²) in [7, 11) is -2.29. The fourth-order valence-corrected chi connectivity index (χ4v) is 4.17. The van der Waals surface area contributed by atoms with Gasteiger partial charge in [0.15, 0.2) is 0 Å². The van der Waals surface area contributed by atoms with Gasteiger partial charge in [0, 0.05) is 18.8 Å². The van der Waals surface area contributed by atoms with E-state index in [0.717, 1.165) is 24.1 Å². The van der Waals surface area contributed by atoms with Gasteiger partial charge in [0.1, 0.15) is 12.1 Å². The van der Waals surface area contributed by atoms with Crippen molar-refractivity contribution >= 4 is 21.4 Å². The van der Waals surface area contributed by atoms with Gasteiger partial charge in [0.25, 0.3) is 0 Å². The number of rotatable bonds is 3. The van der Waals surface area contributed by atoms with Crippen LogP contribution in [0.5, 0.6) is 0 Å². The Labute approximate surface area is 134 Å². The van der Waals surface area contributed by atoms with E-state index in [9.17, 15) is 13.2 Å². The van der Waals surface area contributed by atoms with Crippen molar-refractivity contribution in [1.82, 2.24) is 14.8 Å². The number of benzene rings is 1. The van der Waals surface area contributed by atoms with Crippen LogP contribution in [0.2, 0.25) is 0 Å². The molecule has 1 aliphatic heterocycles. The standard InChI is InChI=1S/C15H18N4O3S/c1-11-7-8-12-5-3-4-6-13(12)19(11)14(20)9-23(21,22)15-17-16-10-18(15)2/h3-6,10-11H,7-9H2,1-2H3/t11-/m0/s1. The minimum absolute atomic E-state index is 0.0351. The van der Waals surface area contributed by atoms with Crippen molar-refractivity contribution in [2.45, 2.75) is 31.0 Å². The smallest absolute Gasteiger partial charge is 0.249 e. The summed E-state index contributed by atoms with van der Waals surface area (Å²) in [5.41, 5.74) is 1.86. The number of aromatic nitrogens is 3. The van der Waals surface area contributed by atoms with Crippen molar-refractivity contribution in [3.63, 3.8) is 0 Å². The Morgan fingerprint density at radius 2 is 2.09 bits per heavy atom. The number of hydrogen-bond acceptors (Lipinski definition) is 5. The molecule has 0 saturated carbocycles. The van der Waals surface area contributed by atoms with Crippen LogP contribution in [0.15, 0.2) is 35.7 Å². The highest BCUT2D eigenvalue weighted by Crippen LogP contribution is 2.30. The molecule has 2 heterocycles. The predicted molar refractivity (Wildman–Crippen MR) is 84.8 cm³/mol. The lowest BCUT2D eigenvalue weighted by atomic mass is 9.97. The first-order valence-electron chi connectivity index (χ1n) is 7.37. The number of sulfone groups is 1. The van der Waals surface area contributed by atoms with E-state index in [1.165, 1.54) is 17.9 Å². The molecule has 2 aromatic rings. The molecule has 0 spiro atoms. The molecule has 0 radical (unpaired) electrons. The van der Waals surface area contributed by atoms with Crippen molar-refractivity contribution in [2.75, 3.05) is 10.7 Å². The second-order valence-electron chi connectivity index (χ2n) is 5.76. The third-order valence-electron chi connectivity index (χ3n) is 4.05. The minimum Gasteiger partial charge on any atom is -0.308 e. The van der Waals surface area contributed by atoms with Gasteiger partial charge >= 0.3 is 0 Å². The maximum atomic E-state index is 12.7. The Hall–Kier alpha value is -2.22. The quantitative estimate of drug-likeness (QED) is 0.834. The molecule has 0 saturated heterocycles. The molecule has 1 aromatic heterocycles. The van der Waals surface area contributed by atoms with E-state index in [0.29, 0.717) is 0 Å². The van der Waals surface area contributed by atoms with E-state index >= 15 is 0 Å². The van der Waals surface area contributed by atoms with Crippen LogP contribution in [-0.2, 0) is 28.1 Å². The van der Waals surface area contributed by atoms with Gasteiger partial charge < -0.3 is 9.47 Å². The average Bonchev–Trinajstić information content (AvgIpc) is 2.93. The number of aryl methyl sites for hydroxylation is 2. The van der Waals surface area contributed by atoms with Gasteiger partial charge in [-0.25, -0.2) is 8.42 Å². The van der Waals surface area contributed by atoms with Crippen LogP contribution in [0.1, 0.15) is 18.9 Å². The van der Waals surface area contributed by atoms with Gasteiger partial charge in [-0.05, 0) is 31.4 Å². The average molecular weight is 334 g/mol. The Bertz CT molecular complexity index is 844. The summed E-state index contributed by atoms with van der Waals surface area (Å²) in [4.78, 5) is 14.3. The minimum atomic E-state index is -3.82. The summed E-state index contributed by atoms with van der Waals surface area (Å²) in [6.45, 7) is 1.93. The molecule has 0 fully saturated rings. The van der Waals surface area contributed by atoms with Gasteiger partial charge in [-0.15, -0.1) is 10.2 Å². The molecule has 122 valence electrons. The zero-order valence-corrected chi connectivity index (χ0v) is 13.8. The van der Waals surface area contributed by atoms with Crippen LogP contribution in [0, 0.1) is 0 Å². The van der Waals surface area contributed by atoms with Crippen molar-refractivity contribution in [3.8, 4) is 0 Å². The molecule has 0 N–H and O–H groups in total. The van der Waals surface area contributed by atoms with E-state index < -0.39 is 21.5 Å². The van der Waals surface area contributed by atoms with Crippen molar-refractivity contribution in [3.05, 3.63) is 36.2 Å². The van der Waals surface area contributed by atoms with Gasteiger partial charge in [0.2, 0.25) is 20.9 Å². The molecule has 23 heavy (non-hydrogen) atoms. The number of nitrogens with zero attached hydrogens (tertiary/aromatic N) is 4. The van der Waals surface area contributed by atoms with E-state index in [1.807, 2.05) is 31.2 Å². The molecular weight excluding hydrogens is 316 g/mol. The van der Waals surface area contributed by atoms with Gasteiger partial charge in [-0.1, -0.05) is 18.2 Å². The largest absolute Gasteiger partial charge is 0.308 e. The Morgan fingerprint density at radius 3 is 2.78 bits per heavy atom. The fraction of sp³-hybridized carbons (Fsp3) is 0.400. The lowest BCUT2D eigenvalue weighted by Gasteiger charge is -2.35. The van der Waals surface area contributed by atoms with Crippen LogP contribution < -0.4 is 4.90 Å². The predicted octanol–water partition coefficient (Wildman–Crippen LogP) is 0.957. The van der Waals surface area contributed by atoms with Crippen LogP contribution >= 0.6 is 0 Å². The fourth-order valence-electron chi connectivity index (χ4n) is 2.92. The number of anilines is 1. The molecule has 0 unspecified atom stereocenters. The van der Waals surface area contributed by atoms with Crippen LogP contribution in [-0.4, -0.2) is 40.9 Å². The number of para-hydroxylation sites is 1. The summed E-state index contributed by atoms with van der Waals surface area (Å²) in [5, 5.41) is 6.98.